The number of ether oxygens (including phenoxy) is 1. The van der Waals surface area contributed by atoms with Crippen LogP contribution in [0, 0.1) is 6.92 Å². The highest BCUT2D eigenvalue weighted by Gasteiger charge is 2.26. The zero-order valence-corrected chi connectivity index (χ0v) is 16.1. The first-order valence-electron chi connectivity index (χ1n) is 9.00. The Bertz CT molecular complexity index is 978. The van der Waals surface area contributed by atoms with Crippen molar-refractivity contribution in [2.75, 3.05) is 18.1 Å². The van der Waals surface area contributed by atoms with Crippen LogP contribution in [-0.4, -0.2) is 36.6 Å². The van der Waals surface area contributed by atoms with Crippen LogP contribution in [0.5, 0.6) is 5.75 Å². The average Bonchev–Trinajstić information content (AvgIpc) is 3.07. The average molecular weight is 398 g/mol. The largest absolute Gasteiger partial charge is 0.550 e. The summed E-state index contributed by atoms with van der Waals surface area (Å²) in [7, 11) is 0. The molecule has 1 aliphatic heterocycles. The molecule has 0 aliphatic carbocycles. The number of amides is 2. The minimum Gasteiger partial charge on any atom is -0.550 e. The van der Waals surface area contributed by atoms with Crippen molar-refractivity contribution in [3.8, 4) is 5.75 Å². The maximum absolute atomic E-state index is 12.3. The molecular formula is C20H20N3O6-. The number of nitrogens with zero attached hydrogens (tertiary/aromatic N) is 2. The van der Waals surface area contributed by atoms with Gasteiger partial charge in [0.15, 0.2) is 6.61 Å². The van der Waals surface area contributed by atoms with Crippen LogP contribution in [0.25, 0.3) is 0 Å². The summed E-state index contributed by atoms with van der Waals surface area (Å²) in [5, 5.41) is 14.6. The summed E-state index contributed by atoms with van der Waals surface area (Å²) in [5.74, 6) is -0.338. The fourth-order valence-electron chi connectivity index (χ4n) is 2.96. The topological polar surface area (TPSA) is 124 Å². The van der Waals surface area contributed by atoms with Gasteiger partial charge in [-0.3, -0.25) is 14.5 Å². The molecule has 0 spiro atoms. The predicted octanol–water partition coefficient (Wildman–Crippen LogP) is 0.536. The van der Waals surface area contributed by atoms with Crippen molar-refractivity contribution < 1.29 is 28.6 Å². The quantitative estimate of drug-likeness (QED) is 0.536. The molecule has 0 saturated heterocycles. The molecule has 152 valence electrons. The van der Waals surface area contributed by atoms with Gasteiger partial charge < -0.3 is 19.1 Å². The Labute approximate surface area is 166 Å². The van der Waals surface area contributed by atoms with E-state index in [1.54, 1.807) is 44.2 Å². The fourth-order valence-corrected chi connectivity index (χ4v) is 2.96. The number of carbonyl (C=O) groups excluding carboxylic acids is 3. The lowest BCUT2D eigenvalue weighted by Gasteiger charge is -2.28. The molecule has 1 aromatic carbocycles. The van der Waals surface area contributed by atoms with Crippen LogP contribution in [0.4, 0.5) is 5.69 Å². The first-order chi connectivity index (χ1) is 13.8. The van der Waals surface area contributed by atoms with Gasteiger partial charge in [-0.2, -0.15) is 5.10 Å². The third-order valence-electron chi connectivity index (χ3n) is 4.39. The number of hydrogen-bond donors (Lipinski definition) is 1. The van der Waals surface area contributed by atoms with Crippen molar-refractivity contribution in [3.05, 3.63) is 47.4 Å². The number of carboxylic acids is 1. The number of rotatable bonds is 7. The number of fused-ring (bicyclic) bond motifs is 1. The van der Waals surface area contributed by atoms with Crippen LogP contribution in [0.15, 0.2) is 39.9 Å². The van der Waals surface area contributed by atoms with Crippen molar-refractivity contribution in [2.24, 2.45) is 5.10 Å². The molecule has 2 aromatic rings. The summed E-state index contributed by atoms with van der Waals surface area (Å²) in [6, 6.07) is 8.67. The van der Waals surface area contributed by atoms with E-state index < -0.39 is 11.9 Å². The number of anilines is 1. The third kappa shape index (κ3) is 4.81. The van der Waals surface area contributed by atoms with E-state index in [2.05, 4.69) is 10.5 Å². The Hall–Kier alpha value is -3.62. The molecule has 9 heteroatoms. The molecule has 3 rings (SSSR count). The van der Waals surface area contributed by atoms with Gasteiger partial charge in [-0.1, -0.05) is 12.1 Å². The van der Waals surface area contributed by atoms with Gasteiger partial charge in [0, 0.05) is 18.0 Å². The van der Waals surface area contributed by atoms with Crippen LogP contribution in [0.1, 0.15) is 30.4 Å². The van der Waals surface area contributed by atoms with E-state index in [4.69, 9.17) is 9.15 Å². The molecule has 0 unspecified atom stereocenters. The first-order valence-corrected chi connectivity index (χ1v) is 9.00. The van der Waals surface area contributed by atoms with E-state index in [0.29, 0.717) is 34.2 Å². The number of carbonyl (C=O) groups is 3. The molecule has 29 heavy (non-hydrogen) atoms. The molecule has 9 nitrogen and oxygen atoms in total. The van der Waals surface area contributed by atoms with Gasteiger partial charge in [0.2, 0.25) is 0 Å². The second-order valence-electron chi connectivity index (χ2n) is 6.52. The van der Waals surface area contributed by atoms with Gasteiger partial charge in [-0.05, 0) is 38.5 Å². The Balaban J connectivity index is 1.65. The van der Waals surface area contributed by atoms with Crippen LogP contribution in [-0.2, 0) is 20.8 Å². The summed E-state index contributed by atoms with van der Waals surface area (Å²) in [6.45, 7) is 3.09. The number of hydrogen-bond acceptors (Lipinski definition) is 7. The first kappa shape index (κ1) is 20.1. The number of furan rings is 1. The fraction of sp³-hybridized carbons (Fsp3) is 0.300. The van der Waals surface area contributed by atoms with E-state index in [9.17, 15) is 19.5 Å². The summed E-state index contributed by atoms with van der Waals surface area (Å²) in [6.07, 6.45) is 0.0652. The highest BCUT2D eigenvalue weighted by Crippen LogP contribution is 2.31. The standard InChI is InChI=1S/C20H21N3O6/c1-12(15-9-14(29-13(15)2)7-8-20(26)27)21-22-18(24)10-23-16-5-3-4-6-17(16)28-11-19(23)25/h3-6,9H,7-8,10-11H2,1-2H3,(H,22,24)(H,26,27)/p-1/b21-12-. The smallest absolute Gasteiger partial charge is 0.265 e. The van der Waals surface area contributed by atoms with Gasteiger partial charge in [0.1, 0.15) is 23.8 Å². The van der Waals surface area contributed by atoms with Crippen LogP contribution in [0.3, 0.4) is 0 Å². The molecular weight excluding hydrogens is 378 g/mol. The van der Waals surface area contributed by atoms with Gasteiger partial charge >= 0.3 is 0 Å². The number of aliphatic carboxylic acids is 1. The molecule has 1 N–H and O–H groups in total. The van der Waals surface area contributed by atoms with Gasteiger partial charge in [0.05, 0.1) is 11.4 Å². The molecule has 0 bridgehead atoms. The second-order valence-corrected chi connectivity index (χ2v) is 6.52. The predicted molar refractivity (Wildman–Crippen MR) is 101 cm³/mol. The number of nitrogens with one attached hydrogen (secondary N) is 1. The zero-order chi connectivity index (χ0) is 21.0. The minimum absolute atomic E-state index is 0.130. The lowest BCUT2D eigenvalue weighted by atomic mass is 10.1. The number of carboxylic acid groups (broad SMARTS) is 1. The number of benzene rings is 1. The minimum atomic E-state index is -1.16. The van der Waals surface area contributed by atoms with E-state index in [1.165, 1.54) is 4.90 Å². The Morgan fingerprint density at radius 2 is 2.07 bits per heavy atom. The maximum atomic E-state index is 12.3. The number of hydrazone groups is 1. The molecule has 0 radical (unpaired) electrons. The Kier molecular flexibility index (Phi) is 5.96. The lowest BCUT2D eigenvalue weighted by Crippen LogP contribution is -2.44. The third-order valence-corrected chi connectivity index (χ3v) is 4.39. The molecule has 1 aliphatic rings. The summed E-state index contributed by atoms with van der Waals surface area (Å²) in [4.78, 5) is 36.4. The van der Waals surface area contributed by atoms with Crippen molar-refractivity contribution in [1.82, 2.24) is 5.43 Å². The van der Waals surface area contributed by atoms with E-state index in [-0.39, 0.29) is 31.9 Å². The molecule has 0 saturated carbocycles. The van der Waals surface area contributed by atoms with Gasteiger partial charge in [0.25, 0.3) is 11.8 Å². The second kappa shape index (κ2) is 8.59. The number of aryl methyl sites for hydroxylation is 2. The zero-order valence-electron chi connectivity index (χ0n) is 16.1. The van der Waals surface area contributed by atoms with Crippen LogP contribution < -0.4 is 20.2 Å². The van der Waals surface area contributed by atoms with Gasteiger partial charge in [-0.15, -0.1) is 0 Å². The normalized spacial score (nSPS) is 13.7. The van der Waals surface area contributed by atoms with Crippen LogP contribution >= 0.6 is 0 Å². The van der Waals surface area contributed by atoms with Crippen LogP contribution in [0.2, 0.25) is 0 Å². The maximum Gasteiger partial charge on any atom is 0.265 e. The summed E-state index contributed by atoms with van der Waals surface area (Å²) in [5.41, 5.74) is 4.12. The molecule has 2 heterocycles. The lowest BCUT2D eigenvalue weighted by molar-refractivity contribution is -0.305. The molecule has 1 aromatic heterocycles. The van der Waals surface area contributed by atoms with E-state index >= 15 is 0 Å². The van der Waals surface area contributed by atoms with E-state index in [1.807, 2.05) is 0 Å². The number of para-hydroxylation sites is 2. The summed E-state index contributed by atoms with van der Waals surface area (Å²) < 4.78 is 10.9. The SMILES string of the molecule is C/C(=N/NC(=O)CN1C(=O)COc2ccccc21)c1cc(CCC(=O)[O-])oc1C. The monoisotopic (exact) mass is 398 g/mol. The molecule has 2 amide bonds. The molecule has 0 fully saturated rings. The highest BCUT2D eigenvalue weighted by molar-refractivity contribution is 6.03. The summed E-state index contributed by atoms with van der Waals surface area (Å²) >= 11 is 0. The molecule has 0 atom stereocenters. The van der Waals surface area contributed by atoms with Crippen molar-refractivity contribution in [3.63, 3.8) is 0 Å². The van der Waals surface area contributed by atoms with Crippen molar-refractivity contribution >= 4 is 29.2 Å². The van der Waals surface area contributed by atoms with Crippen molar-refractivity contribution in [1.29, 1.82) is 0 Å². The highest BCUT2D eigenvalue weighted by atomic mass is 16.5. The van der Waals surface area contributed by atoms with Crippen molar-refractivity contribution in [2.45, 2.75) is 26.7 Å². The van der Waals surface area contributed by atoms with Gasteiger partial charge in [-0.25, -0.2) is 5.43 Å². The van der Waals surface area contributed by atoms with E-state index in [0.717, 1.165) is 0 Å². The Morgan fingerprint density at radius 1 is 1.31 bits per heavy atom. The Morgan fingerprint density at radius 3 is 2.83 bits per heavy atom.